The Hall–Kier alpha value is -0.660. The van der Waals surface area contributed by atoms with Gasteiger partial charge in [-0.25, -0.2) is 0 Å². The van der Waals surface area contributed by atoms with Crippen molar-refractivity contribution in [1.82, 2.24) is 0 Å². The van der Waals surface area contributed by atoms with E-state index in [9.17, 15) is 0 Å². The van der Waals surface area contributed by atoms with Gasteiger partial charge in [0.1, 0.15) is 0 Å². The van der Waals surface area contributed by atoms with E-state index in [0.29, 0.717) is 6.04 Å². The number of rotatable bonds is 0. The molecule has 0 radical (unpaired) electrons. The van der Waals surface area contributed by atoms with Gasteiger partial charge in [-0.3, -0.25) is 9.98 Å². The van der Waals surface area contributed by atoms with Crippen molar-refractivity contribution < 1.29 is 0 Å². The molecule has 1 aliphatic heterocycles. The third kappa shape index (κ3) is 1.18. The van der Waals surface area contributed by atoms with Gasteiger partial charge in [-0.2, -0.15) is 0 Å². The van der Waals surface area contributed by atoms with Crippen LogP contribution in [0.3, 0.4) is 0 Å². The van der Waals surface area contributed by atoms with E-state index in [2.05, 4.69) is 30.8 Å². The third-order valence-electron chi connectivity index (χ3n) is 1.81. The molecule has 1 unspecified atom stereocenters. The average molecular weight is 124 g/mol. The molecule has 0 N–H and O–H groups in total. The summed E-state index contributed by atoms with van der Waals surface area (Å²) in [7, 11) is 0. The van der Waals surface area contributed by atoms with Gasteiger partial charge in [-0.15, -0.1) is 0 Å². The van der Waals surface area contributed by atoms with Crippen LogP contribution >= 0.6 is 0 Å². The minimum Gasteiger partial charge on any atom is -0.286 e. The monoisotopic (exact) mass is 124 g/mol. The van der Waals surface area contributed by atoms with E-state index in [0.717, 1.165) is 0 Å². The topological polar surface area (TPSA) is 24.7 Å². The highest BCUT2D eigenvalue weighted by Crippen LogP contribution is 2.18. The molecule has 0 aromatic heterocycles. The van der Waals surface area contributed by atoms with Crippen LogP contribution in [0.5, 0.6) is 0 Å². The molecule has 0 fully saturated rings. The Balaban J connectivity index is 2.78. The van der Waals surface area contributed by atoms with Gasteiger partial charge in [0.2, 0.25) is 0 Å². The Kier molecular flexibility index (Phi) is 1.39. The lowest BCUT2D eigenvalue weighted by molar-refractivity contribution is 0.438. The van der Waals surface area contributed by atoms with Gasteiger partial charge >= 0.3 is 0 Å². The minimum absolute atomic E-state index is 0.00868. The standard InChI is InChI=1S/C7H12N2/c1-6-7(2,3)9-5-4-8-6/h4-6H,1-3H3. The lowest BCUT2D eigenvalue weighted by atomic mass is 9.97. The van der Waals surface area contributed by atoms with E-state index in [4.69, 9.17) is 0 Å². The Bertz CT molecular complexity index is 156. The SMILES string of the molecule is CC1N=CC=NC1(C)C. The van der Waals surface area contributed by atoms with E-state index >= 15 is 0 Å². The summed E-state index contributed by atoms with van der Waals surface area (Å²) >= 11 is 0. The Labute approximate surface area is 55.7 Å². The zero-order chi connectivity index (χ0) is 6.91. The van der Waals surface area contributed by atoms with Gasteiger partial charge in [0.05, 0.1) is 11.6 Å². The fraction of sp³-hybridized carbons (Fsp3) is 0.714. The molecule has 2 nitrogen and oxygen atoms in total. The molecule has 0 spiro atoms. The van der Waals surface area contributed by atoms with Crippen molar-refractivity contribution in [3.8, 4) is 0 Å². The van der Waals surface area contributed by atoms with Crippen LogP contribution in [0.15, 0.2) is 9.98 Å². The van der Waals surface area contributed by atoms with Crippen molar-refractivity contribution >= 4 is 12.4 Å². The molecule has 0 bridgehead atoms. The second kappa shape index (κ2) is 1.94. The highest BCUT2D eigenvalue weighted by Gasteiger charge is 2.24. The van der Waals surface area contributed by atoms with Crippen molar-refractivity contribution in [2.24, 2.45) is 9.98 Å². The fourth-order valence-electron chi connectivity index (χ4n) is 0.683. The summed E-state index contributed by atoms with van der Waals surface area (Å²) in [6.45, 7) is 6.25. The van der Waals surface area contributed by atoms with Crippen LogP contribution < -0.4 is 0 Å². The largest absolute Gasteiger partial charge is 0.286 e. The molecule has 0 saturated heterocycles. The molecule has 0 aromatic rings. The van der Waals surface area contributed by atoms with Gasteiger partial charge in [0.25, 0.3) is 0 Å². The summed E-state index contributed by atoms with van der Waals surface area (Å²) in [5, 5.41) is 0. The van der Waals surface area contributed by atoms with Crippen LogP contribution in [0, 0.1) is 0 Å². The summed E-state index contributed by atoms with van der Waals surface area (Å²) in [6.07, 6.45) is 3.52. The molecular formula is C7H12N2. The first-order valence-electron chi connectivity index (χ1n) is 3.20. The van der Waals surface area contributed by atoms with Gasteiger partial charge < -0.3 is 0 Å². The Morgan fingerprint density at radius 2 is 2.00 bits per heavy atom. The van der Waals surface area contributed by atoms with Crippen LogP contribution in [-0.2, 0) is 0 Å². The van der Waals surface area contributed by atoms with Gasteiger partial charge in [-0.1, -0.05) is 0 Å². The van der Waals surface area contributed by atoms with E-state index in [-0.39, 0.29) is 5.54 Å². The second-order valence-electron chi connectivity index (χ2n) is 2.91. The quantitative estimate of drug-likeness (QED) is 0.465. The summed E-state index contributed by atoms with van der Waals surface area (Å²) in [5.74, 6) is 0. The van der Waals surface area contributed by atoms with Crippen LogP contribution in [0.4, 0.5) is 0 Å². The van der Waals surface area contributed by atoms with Crippen molar-refractivity contribution in [2.45, 2.75) is 32.4 Å². The summed E-state index contributed by atoms with van der Waals surface area (Å²) in [6, 6.07) is 0.322. The number of aliphatic imine (C=N–C) groups is 2. The van der Waals surface area contributed by atoms with Crippen LogP contribution in [0.1, 0.15) is 20.8 Å². The van der Waals surface area contributed by atoms with Gasteiger partial charge in [0, 0.05) is 12.4 Å². The third-order valence-corrected chi connectivity index (χ3v) is 1.81. The Morgan fingerprint density at radius 1 is 1.33 bits per heavy atom. The molecule has 1 aliphatic rings. The maximum Gasteiger partial charge on any atom is 0.0772 e. The van der Waals surface area contributed by atoms with E-state index in [1.165, 1.54) is 0 Å². The predicted molar refractivity (Wildman–Crippen MR) is 40.5 cm³/mol. The van der Waals surface area contributed by atoms with Crippen LogP contribution in [-0.4, -0.2) is 24.0 Å². The zero-order valence-electron chi connectivity index (χ0n) is 6.13. The molecule has 50 valence electrons. The molecule has 0 aromatic carbocycles. The van der Waals surface area contributed by atoms with Gasteiger partial charge in [0.15, 0.2) is 0 Å². The molecule has 1 rings (SSSR count). The summed E-state index contributed by atoms with van der Waals surface area (Å²) < 4.78 is 0. The second-order valence-corrected chi connectivity index (χ2v) is 2.91. The molecule has 0 amide bonds. The van der Waals surface area contributed by atoms with Crippen LogP contribution in [0.25, 0.3) is 0 Å². The molecule has 0 aliphatic carbocycles. The van der Waals surface area contributed by atoms with E-state index in [1.54, 1.807) is 12.4 Å². The normalized spacial score (nSPS) is 30.8. The first-order chi connectivity index (χ1) is 4.13. The number of nitrogens with zero attached hydrogens (tertiary/aromatic N) is 2. The first kappa shape index (κ1) is 6.46. The van der Waals surface area contributed by atoms with Crippen molar-refractivity contribution in [1.29, 1.82) is 0 Å². The molecule has 9 heavy (non-hydrogen) atoms. The van der Waals surface area contributed by atoms with E-state index in [1.807, 2.05) is 0 Å². The zero-order valence-corrected chi connectivity index (χ0v) is 6.13. The maximum absolute atomic E-state index is 4.27. The molecule has 1 atom stereocenters. The molecule has 1 heterocycles. The summed E-state index contributed by atoms with van der Waals surface area (Å²) in [5.41, 5.74) is 0.00868. The lowest BCUT2D eigenvalue weighted by Crippen LogP contribution is -2.32. The van der Waals surface area contributed by atoms with Gasteiger partial charge in [-0.05, 0) is 20.8 Å². The molecule has 2 heteroatoms. The van der Waals surface area contributed by atoms with Crippen molar-refractivity contribution in [3.63, 3.8) is 0 Å². The maximum atomic E-state index is 4.27. The lowest BCUT2D eigenvalue weighted by Gasteiger charge is -2.25. The van der Waals surface area contributed by atoms with Crippen molar-refractivity contribution in [2.75, 3.05) is 0 Å². The highest BCUT2D eigenvalue weighted by molar-refractivity contribution is 6.16. The fourth-order valence-corrected chi connectivity index (χ4v) is 0.683. The van der Waals surface area contributed by atoms with E-state index < -0.39 is 0 Å². The van der Waals surface area contributed by atoms with Crippen molar-refractivity contribution in [3.05, 3.63) is 0 Å². The molecule has 0 saturated carbocycles. The highest BCUT2D eigenvalue weighted by atomic mass is 15.0. The number of hydrogen-bond donors (Lipinski definition) is 0. The average Bonchev–Trinajstić information content (AvgIpc) is 1.77. The summed E-state index contributed by atoms with van der Waals surface area (Å²) in [4.78, 5) is 8.48. The molecular weight excluding hydrogens is 112 g/mol. The first-order valence-corrected chi connectivity index (χ1v) is 3.20. The Morgan fingerprint density at radius 3 is 2.33 bits per heavy atom. The number of hydrogen-bond acceptors (Lipinski definition) is 2. The van der Waals surface area contributed by atoms with Crippen LogP contribution in [0.2, 0.25) is 0 Å². The predicted octanol–water partition coefficient (Wildman–Crippen LogP) is 1.31. The smallest absolute Gasteiger partial charge is 0.0772 e. The minimum atomic E-state index is 0.00868.